The van der Waals surface area contributed by atoms with Crippen LogP contribution < -0.4 is 0 Å². The number of alkyl halides is 3. The van der Waals surface area contributed by atoms with Crippen LogP contribution in [0.5, 0.6) is 0 Å². The van der Waals surface area contributed by atoms with Gasteiger partial charge < -0.3 is 0 Å². The Balaban J connectivity index is 2.37. The Morgan fingerprint density at radius 1 is 1.26 bits per heavy atom. The number of hydrogen-bond acceptors (Lipinski definition) is 3. The molecule has 0 fully saturated rings. The normalized spacial score (nSPS) is 11.6. The maximum atomic E-state index is 12.4. The zero-order valence-corrected chi connectivity index (χ0v) is 13.0. The van der Waals surface area contributed by atoms with E-state index in [1.54, 1.807) is 12.1 Å². The summed E-state index contributed by atoms with van der Waals surface area (Å²) >= 11 is 6.77. The summed E-state index contributed by atoms with van der Waals surface area (Å²) < 4.78 is 38.5. The van der Waals surface area contributed by atoms with Crippen molar-refractivity contribution >= 4 is 49.0 Å². The monoisotopic (exact) mass is 413 g/mol. The van der Waals surface area contributed by atoms with Crippen molar-refractivity contribution in [3.8, 4) is 0 Å². The highest BCUT2D eigenvalue weighted by atomic mass is 79.9. The van der Waals surface area contributed by atoms with E-state index in [0.29, 0.717) is 21.4 Å². The molecule has 0 saturated heterocycles. The zero-order chi connectivity index (χ0) is 14.2. The lowest BCUT2D eigenvalue weighted by Crippen LogP contribution is -2.03. The van der Waals surface area contributed by atoms with Crippen molar-refractivity contribution in [2.45, 2.75) is 6.18 Å². The molecule has 0 aliphatic heterocycles. The van der Waals surface area contributed by atoms with Crippen LogP contribution in [-0.4, -0.2) is 10.8 Å². The standard InChI is InChI=1S/C11H4Br2F3NOS/c12-5-1-2-6(7(13)3-5)9(18)8-4-17-10(19-8)11(14,15)16/h1-4H. The number of carbonyl (C=O) groups is 1. The van der Waals surface area contributed by atoms with E-state index in [1.807, 2.05) is 0 Å². The molecule has 0 unspecified atom stereocenters. The Labute approximate surface area is 126 Å². The third-order valence-corrected chi connectivity index (χ3v) is 4.34. The largest absolute Gasteiger partial charge is 0.443 e. The van der Waals surface area contributed by atoms with Gasteiger partial charge in [0.05, 0.1) is 4.88 Å². The number of aromatic nitrogens is 1. The fourth-order valence-electron chi connectivity index (χ4n) is 1.32. The summed E-state index contributed by atoms with van der Waals surface area (Å²) in [5, 5.41) is -1.02. The van der Waals surface area contributed by atoms with Crippen LogP contribution in [0.15, 0.2) is 33.3 Å². The van der Waals surface area contributed by atoms with Gasteiger partial charge in [0, 0.05) is 20.7 Å². The number of nitrogens with zero attached hydrogens (tertiary/aromatic N) is 1. The van der Waals surface area contributed by atoms with Gasteiger partial charge in [-0.25, -0.2) is 4.98 Å². The molecular weight excluding hydrogens is 411 g/mol. The number of carbonyl (C=O) groups excluding carboxylic acids is 1. The molecule has 0 atom stereocenters. The number of hydrogen-bond donors (Lipinski definition) is 0. The van der Waals surface area contributed by atoms with Gasteiger partial charge in [-0.15, -0.1) is 11.3 Å². The minimum Gasteiger partial charge on any atom is -0.288 e. The molecule has 1 heterocycles. The predicted octanol–water partition coefficient (Wildman–Crippen LogP) is 4.92. The van der Waals surface area contributed by atoms with Gasteiger partial charge >= 0.3 is 6.18 Å². The maximum absolute atomic E-state index is 12.4. The van der Waals surface area contributed by atoms with E-state index < -0.39 is 17.0 Å². The first-order valence-corrected chi connectivity index (χ1v) is 7.22. The first-order valence-electron chi connectivity index (χ1n) is 4.82. The van der Waals surface area contributed by atoms with Gasteiger partial charge in [0.15, 0.2) is 5.01 Å². The lowest BCUT2D eigenvalue weighted by Gasteiger charge is -2.02. The third kappa shape index (κ3) is 3.24. The second-order valence-electron chi connectivity index (χ2n) is 3.48. The second kappa shape index (κ2) is 5.34. The Morgan fingerprint density at radius 3 is 2.47 bits per heavy atom. The Hall–Kier alpha value is -0.730. The summed E-state index contributed by atoms with van der Waals surface area (Å²) in [6, 6.07) is 4.83. The van der Waals surface area contributed by atoms with Crippen LogP contribution >= 0.6 is 43.2 Å². The number of thiazole rings is 1. The van der Waals surface area contributed by atoms with Gasteiger partial charge in [-0.1, -0.05) is 15.9 Å². The Morgan fingerprint density at radius 2 is 1.95 bits per heavy atom. The molecule has 0 N–H and O–H groups in total. The van der Waals surface area contributed by atoms with Crippen LogP contribution in [-0.2, 0) is 6.18 Å². The van der Waals surface area contributed by atoms with E-state index in [4.69, 9.17) is 0 Å². The molecule has 0 aliphatic carbocycles. The van der Waals surface area contributed by atoms with Crippen LogP contribution in [0.1, 0.15) is 20.2 Å². The predicted molar refractivity (Wildman–Crippen MR) is 72.4 cm³/mol. The fourth-order valence-corrected chi connectivity index (χ4v) is 3.28. The van der Waals surface area contributed by atoms with Crippen LogP contribution in [0.25, 0.3) is 0 Å². The molecule has 1 aromatic heterocycles. The van der Waals surface area contributed by atoms with E-state index in [-0.39, 0.29) is 4.88 Å². The molecule has 2 rings (SSSR count). The summed E-state index contributed by atoms with van der Waals surface area (Å²) in [5.41, 5.74) is 0.292. The van der Waals surface area contributed by atoms with E-state index in [1.165, 1.54) is 6.07 Å². The molecular formula is C11H4Br2F3NOS. The first kappa shape index (κ1) is 14.7. The lowest BCUT2D eigenvalue weighted by atomic mass is 10.1. The number of benzene rings is 1. The minimum absolute atomic E-state index is 0.0460. The molecule has 0 aliphatic rings. The molecule has 19 heavy (non-hydrogen) atoms. The van der Waals surface area contributed by atoms with Crippen molar-refractivity contribution in [3.05, 3.63) is 48.8 Å². The summed E-state index contributed by atoms with van der Waals surface area (Å²) in [6.07, 6.45) is -3.58. The molecule has 8 heteroatoms. The average Bonchev–Trinajstić information content (AvgIpc) is 2.76. The highest BCUT2D eigenvalue weighted by Gasteiger charge is 2.35. The van der Waals surface area contributed by atoms with Crippen molar-refractivity contribution < 1.29 is 18.0 Å². The van der Waals surface area contributed by atoms with Gasteiger partial charge in [0.1, 0.15) is 0 Å². The fraction of sp³-hybridized carbons (Fsp3) is 0.0909. The summed E-state index contributed by atoms with van der Waals surface area (Å²) in [7, 11) is 0. The molecule has 0 bridgehead atoms. The molecule has 0 radical (unpaired) electrons. The van der Waals surface area contributed by atoms with Gasteiger partial charge in [-0.3, -0.25) is 4.79 Å². The summed E-state index contributed by atoms with van der Waals surface area (Å²) in [4.78, 5) is 15.3. The van der Waals surface area contributed by atoms with E-state index in [9.17, 15) is 18.0 Å². The number of rotatable bonds is 2. The average molecular weight is 415 g/mol. The minimum atomic E-state index is -4.53. The molecule has 0 spiro atoms. The highest BCUT2D eigenvalue weighted by molar-refractivity contribution is 9.11. The van der Waals surface area contributed by atoms with E-state index in [2.05, 4.69) is 36.8 Å². The van der Waals surface area contributed by atoms with Crippen molar-refractivity contribution in [2.24, 2.45) is 0 Å². The molecule has 0 saturated carbocycles. The Kier molecular flexibility index (Phi) is 4.12. The highest BCUT2D eigenvalue weighted by Crippen LogP contribution is 2.34. The van der Waals surface area contributed by atoms with Gasteiger partial charge in [0.25, 0.3) is 0 Å². The molecule has 2 nitrogen and oxygen atoms in total. The van der Waals surface area contributed by atoms with Crippen molar-refractivity contribution in [1.82, 2.24) is 4.98 Å². The van der Waals surface area contributed by atoms with Crippen molar-refractivity contribution in [3.63, 3.8) is 0 Å². The van der Waals surface area contributed by atoms with E-state index in [0.717, 1.165) is 10.7 Å². The summed E-state index contributed by atoms with van der Waals surface area (Å²) in [6.45, 7) is 0. The molecule has 1 aromatic carbocycles. The van der Waals surface area contributed by atoms with Crippen LogP contribution in [0.4, 0.5) is 13.2 Å². The number of ketones is 1. The molecule has 100 valence electrons. The smallest absolute Gasteiger partial charge is 0.288 e. The topological polar surface area (TPSA) is 30.0 Å². The SMILES string of the molecule is O=C(c1cnc(C(F)(F)F)s1)c1ccc(Br)cc1Br. The summed E-state index contributed by atoms with van der Waals surface area (Å²) in [5.74, 6) is -0.493. The third-order valence-electron chi connectivity index (χ3n) is 2.15. The Bertz CT molecular complexity index is 639. The van der Waals surface area contributed by atoms with E-state index >= 15 is 0 Å². The van der Waals surface area contributed by atoms with Gasteiger partial charge in [-0.05, 0) is 34.1 Å². The molecule has 0 amide bonds. The zero-order valence-electron chi connectivity index (χ0n) is 8.96. The number of halogens is 5. The van der Waals surface area contributed by atoms with Crippen LogP contribution in [0.2, 0.25) is 0 Å². The van der Waals surface area contributed by atoms with Crippen molar-refractivity contribution in [2.75, 3.05) is 0 Å². The quantitative estimate of drug-likeness (QED) is 0.653. The van der Waals surface area contributed by atoms with Crippen LogP contribution in [0.3, 0.4) is 0 Å². The van der Waals surface area contributed by atoms with Gasteiger partial charge in [-0.2, -0.15) is 13.2 Å². The van der Waals surface area contributed by atoms with Crippen LogP contribution in [0, 0.1) is 0 Å². The maximum Gasteiger partial charge on any atom is 0.443 e. The lowest BCUT2D eigenvalue weighted by molar-refractivity contribution is -0.137. The molecule has 2 aromatic rings. The first-order chi connectivity index (χ1) is 8.79. The second-order valence-corrected chi connectivity index (χ2v) is 6.28. The van der Waals surface area contributed by atoms with Crippen molar-refractivity contribution in [1.29, 1.82) is 0 Å². The van der Waals surface area contributed by atoms with Gasteiger partial charge in [0.2, 0.25) is 5.78 Å².